The largest absolute Gasteiger partial charge is 0.478 e. The van der Waals surface area contributed by atoms with Gasteiger partial charge in [-0.2, -0.15) is 0 Å². The third kappa shape index (κ3) is 3.93. The number of benzene rings is 2. The minimum Gasteiger partial charge on any atom is -0.478 e. The molecular formula is C21H19BrN4O4. The van der Waals surface area contributed by atoms with Crippen molar-refractivity contribution in [2.24, 2.45) is 0 Å². The van der Waals surface area contributed by atoms with E-state index in [-0.39, 0.29) is 17.4 Å². The number of aryl methyl sites for hydroxylation is 1. The van der Waals surface area contributed by atoms with Crippen molar-refractivity contribution in [3.05, 3.63) is 57.6 Å². The first-order valence-corrected chi connectivity index (χ1v) is 10.4. The third-order valence-electron chi connectivity index (χ3n) is 4.99. The number of fused-ring (bicyclic) bond motifs is 5. The summed E-state index contributed by atoms with van der Waals surface area (Å²) in [6.45, 7) is 1.02. The Bertz CT molecular complexity index is 1170. The first-order chi connectivity index (χ1) is 14.4. The number of hydrogen-bond donors (Lipinski definition) is 3. The molecule has 0 unspecified atom stereocenters. The van der Waals surface area contributed by atoms with E-state index in [1.807, 2.05) is 0 Å². The standard InChI is InChI=1S/C21H19BrN4O4/c22-14-10-15(20(29)30)17-16(11-14)24-21-25-19(28)13-6-4-5-12(9-13)18(27)23-7-2-1-3-8-26(17)21/h4-6,9-11H,1-3,7-8H2,(H,23,27)(H,29,30)(H,24,25,28). The second-order valence-corrected chi connectivity index (χ2v) is 7.98. The Morgan fingerprint density at radius 1 is 1.07 bits per heavy atom. The third-order valence-corrected chi connectivity index (χ3v) is 5.45. The topological polar surface area (TPSA) is 113 Å². The van der Waals surface area contributed by atoms with Gasteiger partial charge in [-0.05, 0) is 49.6 Å². The first-order valence-electron chi connectivity index (χ1n) is 9.57. The van der Waals surface area contributed by atoms with Crippen LogP contribution in [0.2, 0.25) is 0 Å². The molecule has 0 saturated heterocycles. The molecule has 9 heteroatoms. The van der Waals surface area contributed by atoms with Crippen LogP contribution in [-0.2, 0) is 6.54 Å². The fraction of sp³-hybridized carbons (Fsp3) is 0.238. The number of nitrogens with one attached hydrogen (secondary N) is 2. The van der Waals surface area contributed by atoms with Gasteiger partial charge in [0.2, 0.25) is 5.95 Å². The molecule has 2 aromatic carbocycles. The van der Waals surface area contributed by atoms with Crippen molar-refractivity contribution >= 4 is 50.7 Å². The summed E-state index contributed by atoms with van der Waals surface area (Å²) < 4.78 is 2.34. The van der Waals surface area contributed by atoms with Crippen LogP contribution in [0.15, 0.2) is 40.9 Å². The van der Waals surface area contributed by atoms with E-state index in [9.17, 15) is 19.5 Å². The van der Waals surface area contributed by atoms with Gasteiger partial charge >= 0.3 is 5.97 Å². The monoisotopic (exact) mass is 470 g/mol. The highest BCUT2D eigenvalue weighted by molar-refractivity contribution is 9.10. The molecule has 2 heterocycles. The molecule has 1 aliphatic heterocycles. The summed E-state index contributed by atoms with van der Waals surface area (Å²) >= 11 is 3.33. The Kier molecular flexibility index (Phi) is 5.54. The number of hydrogen-bond acceptors (Lipinski definition) is 4. The van der Waals surface area contributed by atoms with Crippen LogP contribution < -0.4 is 10.6 Å². The maximum Gasteiger partial charge on any atom is 0.337 e. The second kappa shape index (κ2) is 8.27. The minimum absolute atomic E-state index is 0.114. The van der Waals surface area contributed by atoms with Gasteiger partial charge in [0.15, 0.2) is 0 Å². The average molecular weight is 471 g/mol. The van der Waals surface area contributed by atoms with E-state index in [1.54, 1.807) is 28.8 Å². The number of carboxylic acid groups (broad SMARTS) is 1. The summed E-state index contributed by atoms with van der Waals surface area (Å²) in [4.78, 5) is 41.5. The van der Waals surface area contributed by atoms with Crippen LogP contribution in [0.3, 0.4) is 0 Å². The Hall–Kier alpha value is -3.20. The number of amides is 2. The van der Waals surface area contributed by atoms with Gasteiger partial charge in [0.05, 0.1) is 16.6 Å². The second-order valence-electron chi connectivity index (χ2n) is 7.06. The first kappa shape index (κ1) is 20.1. The molecule has 0 aliphatic carbocycles. The zero-order chi connectivity index (χ0) is 21.3. The fourth-order valence-corrected chi connectivity index (χ4v) is 4.01. The smallest absolute Gasteiger partial charge is 0.337 e. The van der Waals surface area contributed by atoms with Gasteiger partial charge in [0.1, 0.15) is 0 Å². The molecule has 0 atom stereocenters. The van der Waals surface area contributed by atoms with Crippen LogP contribution >= 0.6 is 15.9 Å². The van der Waals surface area contributed by atoms with Gasteiger partial charge in [-0.25, -0.2) is 9.78 Å². The van der Waals surface area contributed by atoms with Crippen molar-refractivity contribution in [3.63, 3.8) is 0 Å². The molecule has 0 saturated carbocycles. The van der Waals surface area contributed by atoms with Crippen LogP contribution in [0.5, 0.6) is 0 Å². The Morgan fingerprint density at radius 3 is 2.60 bits per heavy atom. The molecule has 2 bridgehead atoms. The molecule has 4 rings (SSSR count). The molecule has 1 aromatic heterocycles. The number of carboxylic acids is 1. The number of imidazole rings is 1. The number of carbonyl (C=O) groups is 3. The SMILES string of the molecule is O=C1NCCCCCn2c(nc3cc(Br)cc(C(=O)O)c32)NC(=O)c2cccc1c2. The van der Waals surface area contributed by atoms with Gasteiger partial charge < -0.3 is 15.0 Å². The summed E-state index contributed by atoms with van der Waals surface area (Å²) in [5.74, 6) is -1.42. The van der Waals surface area contributed by atoms with Crippen LogP contribution in [0.25, 0.3) is 11.0 Å². The van der Waals surface area contributed by atoms with Crippen molar-refractivity contribution in [1.82, 2.24) is 14.9 Å². The fourth-order valence-electron chi connectivity index (χ4n) is 3.56. The highest BCUT2D eigenvalue weighted by Gasteiger charge is 2.21. The van der Waals surface area contributed by atoms with Crippen molar-refractivity contribution in [2.45, 2.75) is 25.8 Å². The van der Waals surface area contributed by atoms with E-state index in [1.165, 1.54) is 12.1 Å². The van der Waals surface area contributed by atoms with Gasteiger partial charge in [-0.15, -0.1) is 0 Å². The molecule has 0 radical (unpaired) electrons. The van der Waals surface area contributed by atoms with E-state index >= 15 is 0 Å². The summed E-state index contributed by atoms with van der Waals surface area (Å²) in [7, 11) is 0. The van der Waals surface area contributed by atoms with Crippen LogP contribution in [0.1, 0.15) is 50.3 Å². The van der Waals surface area contributed by atoms with Gasteiger partial charge in [0.25, 0.3) is 11.8 Å². The maximum absolute atomic E-state index is 12.9. The lowest BCUT2D eigenvalue weighted by Crippen LogP contribution is -2.25. The molecule has 0 spiro atoms. The lowest BCUT2D eigenvalue weighted by Gasteiger charge is -2.13. The highest BCUT2D eigenvalue weighted by Crippen LogP contribution is 2.28. The summed E-state index contributed by atoms with van der Waals surface area (Å²) in [5, 5.41) is 15.3. The molecule has 154 valence electrons. The molecule has 0 fully saturated rings. The molecular weight excluding hydrogens is 452 g/mol. The zero-order valence-corrected chi connectivity index (χ0v) is 17.5. The van der Waals surface area contributed by atoms with E-state index < -0.39 is 11.9 Å². The number of aromatic carboxylic acids is 1. The number of aromatic nitrogens is 2. The highest BCUT2D eigenvalue weighted by atomic mass is 79.9. The van der Waals surface area contributed by atoms with E-state index in [4.69, 9.17) is 0 Å². The zero-order valence-electron chi connectivity index (χ0n) is 15.9. The predicted molar refractivity (Wildman–Crippen MR) is 115 cm³/mol. The van der Waals surface area contributed by atoms with Gasteiger partial charge in [-0.1, -0.05) is 22.0 Å². The number of carbonyl (C=O) groups excluding carboxylic acids is 2. The van der Waals surface area contributed by atoms with Crippen molar-refractivity contribution in [1.29, 1.82) is 0 Å². The average Bonchev–Trinajstić information content (AvgIpc) is 3.05. The maximum atomic E-state index is 12.9. The van der Waals surface area contributed by atoms with Crippen molar-refractivity contribution < 1.29 is 19.5 Å². The van der Waals surface area contributed by atoms with Crippen molar-refractivity contribution in [2.75, 3.05) is 11.9 Å². The lowest BCUT2D eigenvalue weighted by atomic mass is 10.1. The molecule has 2 amide bonds. The quantitative estimate of drug-likeness (QED) is 0.502. The van der Waals surface area contributed by atoms with E-state index in [2.05, 4.69) is 31.5 Å². The summed E-state index contributed by atoms with van der Waals surface area (Å²) in [6.07, 6.45) is 2.36. The summed E-state index contributed by atoms with van der Waals surface area (Å²) in [6, 6.07) is 9.71. The Labute approximate surface area is 180 Å². The number of halogens is 1. The van der Waals surface area contributed by atoms with E-state index in [0.717, 1.165) is 19.3 Å². The lowest BCUT2D eigenvalue weighted by molar-refractivity contribution is 0.0698. The Morgan fingerprint density at radius 2 is 1.83 bits per heavy atom. The van der Waals surface area contributed by atoms with E-state index in [0.29, 0.717) is 39.7 Å². The molecule has 3 N–H and O–H groups in total. The van der Waals surface area contributed by atoms with Crippen molar-refractivity contribution in [3.8, 4) is 0 Å². The number of nitrogens with zero attached hydrogens (tertiary/aromatic N) is 2. The number of anilines is 1. The Balaban J connectivity index is 1.83. The normalized spacial score (nSPS) is 15.1. The minimum atomic E-state index is -1.06. The van der Waals surface area contributed by atoms with Crippen LogP contribution in [-0.4, -0.2) is 39.0 Å². The molecule has 8 nitrogen and oxygen atoms in total. The molecule has 1 aliphatic rings. The van der Waals surface area contributed by atoms with Gasteiger partial charge in [-0.3, -0.25) is 14.9 Å². The van der Waals surface area contributed by atoms with Crippen LogP contribution in [0, 0.1) is 0 Å². The predicted octanol–water partition coefficient (Wildman–Crippen LogP) is 3.66. The van der Waals surface area contributed by atoms with Gasteiger partial charge in [0, 0.05) is 28.7 Å². The number of rotatable bonds is 1. The summed E-state index contributed by atoms with van der Waals surface area (Å²) in [5.41, 5.74) is 1.79. The molecule has 3 aromatic rings. The van der Waals surface area contributed by atoms with Crippen LogP contribution in [0.4, 0.5) is 5.95 Å². The molecule has 30 heavy (non-hydrogen) atoms.